The molecule has 0 amide bonds. The lowest BCUT2D eigenvalue weighted by atomic mass is 9.86. The largest absolute Gasteiger partial charge is 0.490 e. The number of aromatic nitrogens is 2. The van der Waals surface area contributed by atoms with Crippen LogP contribution in [-0.2, 0) is 4.79 Å². The van der Waals surface area contributed by atoms with Gasteiger partial charge in [0, 0.05) is 24.0 Å². The molecule has 1 N–H and O–H groups in total. The van der Waals surface area contributed by atoms with Gasteiger partial charge in [0.2, 0.25) is 0 Å². The monoisotopic (exact) mass is 354 g/mol. The lowest BCUT2D eigenvalue weighted by molar-refractivity contribution is -0.143. The lowest BCUT2D eigenvalue weighted by Gasteiger charge is -2.28. The van der Waals surface area contributed by atoms with Crippen molar-refractivity contribution in [1.29, 1.82) is 0 Å². The summed E-state index contributed by atoms with van der Waals surface area (Å²) in [5.41, 5.74) is 1.08. The molecule has 2 fully saturated rings. The molecule has 5 heteroatoms. The minimum absolute atomic E-state index is 0.190. The Morgan fingerprint density at radius 3 is 2.38 bits per heavy atom. The Morgan fingerprint density at radius 1 is 1.04 bits per heavy atom. The van der Waals surface area contributed by atoms with Crippen molar-refractivity contribution < 1.29 is 14.6 Å². The van der Waals surface area contributed by atoms with E-state index in [1.165, 1.54) is 12.8 Å². The summed E-state index contributed by atoms with van der Waals surface area (Å²) < 4.78 is 8.26. The molecule has 0 saturated heterocycles. The third kappa shape index (κ3) is 3.62. The van der Waals surface area contributed by atoms with Crippen LogP contribution in [0.25, 0.3) is 11.4 Å². The maximum Gasteiger partial charge on any atom is 0.306 e. The van der Waals surface area contributed by atoms with Crippen LogP contribution in [0.1, 0.15) is 57.4 Å². The molecule has 5 nitrogen and oxygen atoms in total. The maximum absolute atomic E-state index is 11.2. The van der Waals surface area contributed by atoms with Crippen molar-refractivity contribution in [3.05, 3.63) is 36.7 Å². The molecule has 1 heterocycles. The number of rotatable bonds is 5. The van der Waals surface area contributed by atoms with E-state index in [9.17, 15) is 9.90 Å². The molecular formula is C21H26N2O3. The van der Waals surface area contributed by atoms with Crippen molar-refractivity contribution in [2.75, 3.05) is 0 Å². The van der Waals surface area contributed by atoms with Crippen LogP contribution in [0.2, 0.25) is 0 Å². The molecule has 2 saturated carbocycles. The zero-order valence-electron chi connectivity index (χ0n) is 15.0. The van der Waals surface area contributed by atoms with Gasteiger partial charge in [-0.3, -0.25) is 4.79 Å². The number of aliphatic carboxylic acids is 1. The number of ether oxygens (including phenoxy) is 1. The van der Waals surface area contributed by atoms with Gasteiger partial charge >= 0.3 is 5.97 Å². The minimum atomic E-state index is -0.660. The first-order valence-electron chi connectivity index (χ1n) is 9.73. The Hall–Kier alpha value is -2.30. The fourth-order valence-corrected chi connectivity index (χ4v) is 4.31. The topological polar surface area (TPSA) is 64.3 Å². The summed E-state index contributed by atoms with van der Waals surface area (Å²) in [5.74, 6) is 1.04. The fourth-order valence-electron chi connectivity index (χ4n) is 4.31. The molecule has 26 heavy (non-hydrogen) atoms. The Kier molecular flexibility index (Phi) is 4.96. The second-order valence-corrected chi connectivity index (χ2v) is 7.55. The average Bonchev–Trinajstić information content (AvgIpc) is 3.34. The highest BCUT2D eigenvalue weighted by Crippen LogP contribution is 2.35. The molecule has 2 aromatic rings. The zero-order chi connectivity index (χ0) is 17.9. The van der Waals surface area contributed by atoms with Crippen LogP contribution in [0.15, 0.2) is 36.7 Å². The number of carboxylic acids is 1. The number of hydrogen-bond acceptors (Lipinski definition) is 3. The van der Waals surface area contributed by atoms with Crippen molar-refractivity contribution >= 4 is 5.97 Å². The average molecular weight is 354 g/mol. The summed E-state index contributed by atoms with van der Waals surface area (Å²) in [4.78, 5) is 15.7. The molecule has 0 unspecified atom stereocenters. The molecule has 4 rings (SSSR count). The summed E-state index contributed by atoms with van der Waals surface area (Å²) in [6.07, 6.45) is 12.3. The summed E-state index contributed by atoms with van der Waals surface area (Å²) >= 11 is 0. The number of benzene rings is 1. The highest BCUT2D eigenvalue weighted by atomic mass is 16.5. The van der Waals surface area contributed by atoms with Gasteiger partial charge in [0.15, 0.2) is 0 Å². The first-order valence-corrected chi connectivity index (χ1v) is 9.73. The predicted octanol–water partition coefficient (Wildman–Crippen LogP) is 4.69. The number of carboxylic acid groups (broad SMARTS) is 1. The zero-order valence-corrected chi connectivity index (χ0v) is 15.0. The normalized spacial score (nSPS) is 23.8. The standard InChI is InChI=1S/C21H26N2O3/c24-21(25)16-5-9-17(10-6-16)23-14-13-22-20(23)15-7-11-19(12-8-15)26-18-3-1-2-4-18/h7-8,11-14,16-18H,1-6,9-10H2,(H,24,25). The minimum Gasteiger partial charge on any atom is -0.490 e. The second kappa shape index (κ2) is 7.52. The lowest BCUT2D eigenvalue weighted by Crippen LogP contribution is -2.23. The van der Waals surface area contributed by atoms with E-state index in [0.29, 0.717) is 12.1 Å². The Balaban J connectivity index is 1.45. The van der Waals surface area contributed by atoms with Crippen LogP contribution in [0, 0.1) is 5.92 Å². The molecule has 1 aromatic carbocycles. The van der Waals surface area contributed by atoms with E-state index in [1.54, 1.807) is 0 Å². The van der Waals surface area contributed by atoms with Gasteiger partial charge in [0.25, 0.3) is 0 Å². The SMILES string of the molecule is O=C(O)C1CCC(n2ccnc2-c2ccc(OC3CCCC3)cc2)CC1. The van der Waals surface area contributed by atoms with Gasteiger partial charge in [0.1, 0.15) is 11.6 Å². The van der Waals surface area contributed by atoms with Crippen LogP contribution in [-0.4, -0.2) is 26.7 Å². The smallest absolute Gasteiger partial charge is 0.306 e. The molecular weight excluding hydrogens is 328 g/mol. The van der Waals surface area contributed by atoms with E-state index in [1.807, 2.05) is 24.5 Å². The highest BCUT2D eigenvalue weighted by molar-refractivity contribution is 5.70. The van der Waals surface area contributed by atoms with Crippen LogP contribution < -0.4 is 4.74 Å². The second-order valence-electron chi connectivity index (χ2n) is 7.55. The first-order chi connectivity index (χ1) is 12.7. The van der Waals surface area contributed by atoms with Gasteiger partial charge in [-0.2, -0.15) is 0 Å². The van der Waals surface area contributed by atoms with Gasteiger partial charge in [-0.25, -0.2) is 4.98 Å². The molecule has 138 valence electrons. The first kappa shape index (κ1) is 17.1. The number of hydrogen-bond donors (Lipinski definition) is 1. The predicted molar refractivity (Wildman–Crippen MR) is 99.2 cm³/mol. The fraction of sp³-hybridized carbons (Fsp3) is 0.524. The van der Waals surface area contributed by atoms with Gasteiger partial charge in [0.05, 0.1) is 12.0 Å². The number of imidazole rings is 1. The Labute approximate surface area is 154 Å². The van der Waals surface area contributed by atoms with Crippen LogP contribution in [0.3, 0.4) is 0 Å². The number of carbonyl (C=O) groups is 1. The van der Waals surface area contributed by atoms with Crippen LogP contribution in [0.4, 0.5) is 0 Å². The molecule has 2 aliphatic rings. The molecule has 0 atom stereocenters. The summed E-state index contributed by atoms with van der Waals surface area (Å²) in [7, 11) is 0. The third-order valence-corrected chi connectivity index (χ3v) is 5.83. The van der Waals surface area contributed by atoms with Crippen molar-refractivity contribution in [2.24, 2.45) is 5.92 Å². The van der Waals surface area contributed by atoms with Crippen LogP contribution in [0.5, 0.6) is 5.75 Å². The van der Waals surface area contributed by atoms with Crippen molar-refractivity contribution in [3.8, 4) is 17.1 Å². The molecule has 2 aliphatic carbocycles. The van der Waals surface area contributed by atoms with Crippen molar-refractivity contribution in [3.63, 3.8) is 0 Å². The molecule has 0 bridgehead atoms. The highest BCUT2D eigenvalue weighted by Gasteiger charge is 2.27. The number of nitrogens with zero attached hydrogens (tertiary/aromatic N) is 2. The third-order valence-electron chi connectivity index (χ3n) is 5.83. The summed E-state index contributed by atoms with van der Waals surface area (Å²) in [5, 5.41) is 9.18. The van der Waals surface area contributed by atoms with Gasteiger partial charge < -0.3 is 14.4 Å². The summed E-state index contributed by atoms with van der Waals surface area (Å²) in [6.45, 7) is 0. The van der Waals surface area contributed by atoms with Gasteiger partial charge in [-0.15, -0.1) is 0 Å². The van der Waals surface area contributed by atoms with Crippen molar-refractivity contribution in [1.82, 2.24) is 9.55 Å². The van der Waals surface area contributed by atoms with E-state index < -0.39 is 5.97 Å². The van der Waals surface area contributed by atoms with Crippen LogP contribution >= 0.6 is 0 Å². The molecule has 1 aromatic heterocycles. The molecule has 0 radical (unpaired) electrons. The Morgan fingerprint density at radius 2 is 1.73 bits per heavy atom. The van der Waals surface area contributed by atoms with E-state index in [-0.39, 0.29) is 5.92 Å². The molecule has 0 aliphatic heterocycles. The van der Waals surface area contributed by atoms with Crippen molar-refractivity contribution in [2.45, 2.75) is 63.5 Å². The molecule has 0 spiro atoms. The summed E-state index contributed by atoms with van der Waals surface area (Å²) in [6, 6.07) is 8.55. The van der Waals surface area contributed by atoms with E-state index in [2.05, 4.69) is 21.7 Å². The van der Waals surface area contributed by atoms with Gasteiger partial charge in [-0.05, 0) is 75.6 Å². The maximum atomic E-state index is 11.2. The van der Waals surface area contributed by atoms with E-state index in [4.69, 9.17) is 4.74 Å². The quantitative estimate of drug-likeness (QED) is 0.846. The Bertz CT molecular complexity index is 739. The van der Waals surface area contributed by atoms with E-state index in [0.717, 1.165) is 55.7 Å². The van der Waals surface area contributed by atoms with Gasteiger partial charge in [-0.1, -0.05) is 0 Å². The van der Waals surface area contributed by atoms with E-state index >= 15 is 0 Å².